The molecular weight excluding hydrogens is 226 g/mol. The van der Waals surface area contributed by atoms with E-state index in [2.05, 4.69) is 24.1 Å². The highest BCUT2D eigenvalue weighted by atomic mass is 16.5. The van der Waals surface area contributed by atoms with Crippen LogP contribution in [0, 0.1) is 0 Å². The average molecular weight is 249 g/mol. The van der Waals surface area contributed by atoms with Crippen LogP contribution in [-0.2, 0) is 5.41 Å². The van der Waals surface area contributed by atoms with Gasteiger partial charge in [0.2, 0.25) is 0 Å². The molecule has 1 atom stereocenters. The Hall–Kier alpha value is -1.06. The van der Waals surface area contributed by atoms with Crippen molar-refractivity contribution in [2.24, 2.45) is 0 Å². The topological polar surface area (TPSA) is 32.7 Å². The molecular formula is C15H23NO2. The number of likely N-dealkylation sites (tertiary alicyclic amines) is 1. The van der Waals surface area contributed by atoms with Crippen molar-refractivity contribution in [3.8, 4) is 5.75 Å². The van der Waals surface area contributed by atoms with Gasteiger partial charge in [0.25, 0.3) is 0 Å². The van der Waals surface area contributed by atoms with Gasteiger partial charge in [-0.05, 0) is 51.6 Å². The lowest BCUT2D eigenvalue weighted by molar-refractivity contribution is 0.195. The third-order valence-corrected chi connectivity index (χ3v) is 3.69. The van der Waals surface area contributed by atoms with Crippen molar-refractivity contribution in [3.05, 3.63) is 29.8 Å². The SMILES string of the molecule is CC(C)Oc1ccc(C2(CO)CCN(C)C2)cc1. The van der Waals surface area contributed by atoms with Gasteiger partial charge in [0.05, 0.1) is 12.7 Å². The summed E-state index contributed by atoms with van der Waals surface area (Å²) in [4.78, 5) is 2.27. The Morgan fingerprint density at radius 1 is 1.33 bits per heavy atom. The number of aliphatic hydroxyl groups excluding tert-OH is 1. The van der Waals surface area contributed by atoms with E-state index in [-0.39, 0.29) is 18.1 Å². The van der Waals surface area contributed by atoms with Crippen molar-refractivity contribution in [2.45, 2.75) is 31.8 Å². The van der Waals surface area contributed by atoms with Gasteiger partial charge in [-0.15, -0.1) is 0 Å². The predicted octanol–water partition coefficient (Wildman–Crippen LogP) is 2.04. The van der Waals surface area contributed by atoms with Crippen LogP contribution < -0.4 is 4.74 Å². The molecule has 3 nitrogen and oxygen atoms in total. The minimum atomic E-state index is -0.0922. The van der Waals surface area contributed by atoms with Crippen molar-refractivity contribution in [1.82, 2.24) is 4.90 Å². The summed E-state index contributed by atoms with van der Waals surface area (Å²) in [7, 11) is 2.10. The summed E-state index contributed by atoms with van der Waals surface area (Å²) in [6.45, 7) is 6.23. The lowest BCUT2D eigenvalue weighted by atomic mass is 9.80. The third-order valence-electron chi connectivity index (χ3n) is 3.69. The summed E-state index contributed by atoms with van der Waals surface area (Å²) < 4.78 is 5.65. The Balaban J connectivity index is 2.17. The molecule has 18 heavy (non-hydrogen) atoms. The molecule has 1 heterocycles. The Labute approximate surface area is 109 Å². The van der Waals surface area contributed by atoms with E-state index in [0.29, 0.717) is 0 Å². The normalized spacial score (nSPS) is 24.7. The maximum absolute atomic E-state index is 9.74. The molecule has 0 aliphatic carbocycles. The average Bonchev–Trinajstić information content (AvgIpc) is 2.72. The van der Waals surface area contributed by atoms with Crippen molar-refractivity contribution in [2.75, 3.05) is 26.7 Å². The van der Waals surface area contributed by atoms with Crippen LogP contribution in [0.1, 0.15) is 25.8 Å². The Kier molecular flexibility index (Phi) is 3.93. The van der Waals surface area contributed by atoms with E-state index in [4.69, 9.17) is 4.74 Å². The Bertz CT molecular complexity index is 388. The van der Waals surface area contributed by atoms with Crippen molar-refractivity contribution in [1.29, 1.82) is 0 Å². The van der Waals surface area contributed by atoms with Gasteiger partial charge in [-0.25, -0.2) is 0 Å². The molecule has 100 valence electrons. The zero-order chi connectivity index (χ0) is 13.2. The molecule has 1 saturated heterocycles. The van der Waals surface area contributed by atoms with Gasteiger partial charge in [-0.1, -0.05) is 12.1 Å². The number of benzene rings is 1. The van der Waals surface area contributed by atoms with E-state index >= 15 is 0 Å². The van der Waals surface area contributed by atoms with E-state index in [1.807, 2.05) is 26.0 Å². The minimum Gasteiger partial charge on any atom is -0.491 e. The molecule has 1 aromatic rings. The van der Waals surface area contributed by atoms with Gasteiger partial charge in [-0.2, -0.15) is 0 Å². The monoisotopic (exact) mass is 249 g/mol. The van der Waals surface area contributed by atoms with Gasteiger partial charge in [-0.3, -0.25) is 0 Å². The lowest BCUT2D eigenvalue weighted by Crippen LogP contribution is -2.33. The molecule has 1 aliphatic heterocycles. The second kappa shape index (κ2) is 5.29. The van der Waals surface area contributed by atoms with Crippen LogP contribution in [0.25, 0.3) is 0 Å². The molecule has 0 radical (unpaired) electrons. The van der Waals surface area contributed by atoms with E-state index < -0.39 is 0 Å². The number of hydrogen-bond acceptors (Lipinski definition) is 3. The number of ether oxygens (including phenoxy) is 1. The van der Waals surface area contributed by atoms with E-state index in [0.717, 1.165) is 25.3 Å². The zero-order valence-electron chi connectivity index (χ0n) is 11.5. The van der Waals surface area contributed by atoms with Crippen LogP contribution in [0.4, 0.5) is 0 Å². The largest absolute Gasteiger partial charge is 0.491 e. The maximum atomic E-state index is 9.74. The summed E-state index contributed by atoms with van der Waals surface area (Å²) in [5.74, 6) is 0.896. The van der Waals surface area contributed by atoms with Gasteiger partial charge < -0.3 is 14.7 Å². The van der Waals surface area contributed by atoms with Crippen LogP contribution in [0.3, 0.4) is 0 Å². The summed E-state index contributed by atoms with van der Waals surface area (Å²) >= 11 is 0. The quantitative estimate of drug-likeness (QED) is 0.886. The van der Waals surface area contributed by atoms with E-state index in [9.17, 15) is 5.11 Å². The number of likely N-dealkylation sites (N-methyl/N-ethyl adjacent to an activating group) is 1. The predicted molar refractivity (Wildman–Crippen MR) is 73.1 cm³/mol. The second-order valence-corrected chi connectivity index (χ2v) is 5.62. The molecule has 2 rings (SSSR count). The first kappa shape index (κ1) is 13.4. The van der Waals surface area contributed by atoms with Gasteiger partial charge >= 0.3 is 0 Å². The lowest BCUT2D eigenvalue weighted by Gasteiger charge is -2.27. The standard InChI is InChI=1S/C15H23NO2/c1-12(2)18-14-6-4-13(5-7-14)15(11-17)8-9-16(3)10-15/h4-7,12,17H,8-11H2,1-3H3. The van der Waals surface area contributed by atoms with Gasteiger partial charge in [0.15, 0.2) is 0 Å². The van der Waals surface area contributed by atoms with Crippen LogP contribution in [0.5, 0.6) is 5.75 Å². The van der Waals surface area contributed by atoms with Gasteiger partial charge in [0, 0.05) is 12.0 Å². The molecule has 1 aromatic carbocycles. The van der Waals surface area contributed by atoms with E-state index in [1.54, 1.807) is 0 Å². The Morgan fingerprint density at radius 2 is 2.00 bits per heavy atom. The molecule has 0 saturated carbocycles. The molecule has 1 fully saturated rings. The van der Waals surface area contributed by atoms with E-state index in [1.165, 1.54) is 5.56 Å². The number of nitrogens with zero attached hydrogens (tertiary/aromatic N) is 1. The molecule has 0 spiro atoms. The molecule has 1 unspecified atom stereocenters. The zero-order valence-corrected chi connectivity index (χ0v) is 11.5. The first-order valence-corrected chi connectivity index (χ1v) is 6.62. The number of aliphatic hydroxyl groups is 1. The van der Waals surface area contributed by atoms with Crippen LogP contribution in [0.2, 0.25) is 0 Å². The molecule has 3 heteroatoms. The molecule has 0 aromatic heterocycles. The highest BCUT2D eigenvalue weighted by molar-refractivity contribution is 5.34. The maximum Gasteiger partial charge on any atom is 0.119 e. The second-order valence-electron chi connectivity index (χ2n) is 5.62. The summed E-state index contributed by atoms with van der Waals surface area (Å²) in [6, 6.07) is 8.19. The molecule has 1 aliphatic rings. The third kappa shape index (κ3) is 2.68. The number of hydrogen-bond donors (Lipinski definition) is 1. The van der Waals surface area contributed by atoms with Crippen molar-refractivity contribution in [3.63, 3.8) is 0 Å². The fourth-order valence-electron chi connectivity index (χ4n) is 2.69. The smallest absolute Gasteiger partial charge is 0.119 e. The summed E-state index contributed by atoms with van der Waals surface area (Å²) in [6.07, 6.45) is 1.21. The fraction of sp³-hybridized carbons (Fsp3) is 0.600. The fourth-order valence-corrected chi connectivity index (χ4v) is 2.69. The van der Waals surface area contributed by atoms with Crippen LogP contribution in [0.15, 0.2) is 24.3 Å². The van der Waals surface area contributed by atoms with Crippen molar-refractivity contribution < 1.29 is 9.84 Å². The number of rotatable bonds is 4. The first-order chi connectivity index (χ1) is 8.55. The summed E-state index contributed by atoms with van der Waals surface area (Å²) in [5, 5.41) is 9.74. The molecule has 1 N–H and O–H groups in total. The summed E-state index contributed by atoms with van der Waals surface area (Å²) in [5.41, 5.74) is 1.12. The highest BCUT2D eigenvalue weighted by Gasteiger charge is 2.37. The minimum absolute atomic E-state index is 0.0922. The van der Waals surface area contributed by atoms with Gasteiger partial charge in [0.1, 0.15) is 5.75 Å². The highest BCUT2D eigenvalue weighted by Crippen LogP contribution is 2.34. The van der Waals surface area contributed by atoms with Crippen LogP contribution >= 0.6 is 0 Å². The molecule has 0 amide bonds. The molecule has 0 bridgehead atoms. The van der Waals surface area contributed by atoms with Crippen molar-refractivity contribution >= 4 is 0 Å². The van der Waals surface area contributed by atoms with Crippen LogP contribution in [-0.4, -0.2) is 42.9 Å². The Morgan fingerprint density at radius 3 is 2.44 bits per heavy atom. The first-order valence-electron chi connectivity index (χ1n) is 6.62.